The van der Waals surface area contributed by atoms with Gasteiger partial charge in [0.15, 0.2) is 0 Å². The molecule has 0 bridgehead atoms. The molecular formula is C83H158N2O3. The Hall–Kier alpha value is -2.04. The molecule has 0 aliphatic rings. The molecule has 518 valence electrons. The van der Waals surface area contributed by atoms with E-state index in [1.807, 2.05) is 18.2 Å². The van der Waals surface area contributed by atoms with Crippen LogP contribution >= 0.6 is 0 Å². The maximum atomic E-state index is 13.6. The van der Waals surface area contributed by atoms with E-state index in [1.54, 1.807) is 0 Å². The predicted octanol–water partition coefficient (Wildman–Crippen LogP) is 28.5. The summed E-state index contributed by atoms with van der Waals surface area (Å²) in [6.45, 7) is 8.85. The van der Waals surface area contributed by atoms with E-state index < -0.39 is 0 Å². The SMILES string of the molecule is CCCCCCCCCCCCCCCCCCCCCCCCCCCCCNC(=O)c1ccc(C(=O)NCCCCCCCCCCCCCCCCCCCCCCCCCCCCC)c(OCCCCCCCCCCCCCCCCC)c1. The Bertz CT molecular complexity index is 1530. The first kappa shape index (κ1) is 84.0. The van der Waals surface area contributed by atoms with Crippen LogP contribution in [0.5, 0.6) is 5.75 Å². The van der Waals surface area contributed by atoms with Crippen LogP contribution in [0, 0.1) is 0 Å². The molecule has 1 aromatic carbocycles. The van der Waals surface area contributed by atoms with Crippen LogP contribution in [0.2, 0.25) is 0 Å². The molecule has 0 spiro atoms. The lowest BCUT2D eigenvalue weighted by Crippen LogP contribution is -2.26. The minimum absolute atomic E-state index is 0.0701. The van der Waals surface area contributed by atoms with Gasteiger partial charge in [-0.3, -0.25) is 9.59 Å². The highest BCUT2D eigenvalue weighted by Gasteiger charge is 2.16. The zero-order valence-corrected chi connectivity index (χ0v) is 60.4. The lowest BCUT2D eigenvalue weighted by Gasteiger charge is -2.14. The van der Waals surface area contributed by atoms with Crippen molar-refractivity contribution in [1.29, 1.82) is 0 Å². The van der Waals surface area contributed by atoms with Gasteiger partial charge in [-0.15, -0.1) is 0 Å². The minimum Gasteiger partial charge on any atom is -0.493 e. The smallest absolute Gasteiger partial charge is 0.255 e. The average Bonchev–Trinajstić information content (AvgIpc) is 3.71. The lowest BCUT2D eigenvalue weighted by atomic mass is 10.0. The number of ether oxygens (including phenoxy) is 1. The van der Waals surface area contributed by atoms with Gasteiger partial charge in [-0.25, -0.2) is 0 Å². The Morgan fingerprint density at radius 2 is 0.443 bits per heavy atom. The normalized spacial score (nSPS) is 11.5. The summed E-state index contributed by atoms with van der Waals surface area (Å²) in [5, 5.41) is 6.36. The molecule has 88 heavy (non-hydrogen) atoms. The molecule has 0 unspecified atom stereocenters. The number of carbonyl (C=O) groups excluding carboxylic acids is 2. The minimum atomic E-state index is -0.0889. The van der Waals surface area contributed by atoms with E-state index in [2.05, 4.69) is 31.4 Å². The van der Waals surface area contributed by atoms with E-state index in [-0.39, 0.29) is 11.8 Å². The second kappa shape index (κ2) is 72.4. The zero-order valence-electron chi connectivity index (χ0n) is 60.4. The molecule has 0 saturated heterocycles. The van der Waals surface area contributed by atoms with Crippen molar-refractivity contribution < 1.29 is 14.3 Å². The van der Waals surface area contributed by atoms with Crippen LogP contribution in [-0.2, 0) is 0 Å². The topological polar surface area (TPSA) is 67.4 Å². The summed E-state index contributed by atoms with van der Waals surface area (Å²) < 4.78 is 6.35. The number of rotatable bonds is 75. The van der Waals surface area contributed by atoms with Crippen LogP contribution in [0.25, 0.3) is 0 Å². The van der Waals surface area contributed by atoms with Gasteiger partial charge in [0.1, 0.15) is 5.75 Å². The van der Waals surface area contributed by atoms with E-state index in [0.717, 1.165) is 38.5 Å². The summed E-state index contributed by atoms with van der Waals surface area (Å²) in [5.41, 5.74) is 1.13. The van der Waals surface area contributed by atoms with Crippen molar-refractivity contribution in [3.05, 3.63) is 29.3 Å². The van der Waals surface area contributed by atoms with Gasteiger partial charge in [0, 0.05) is 18.7 Å². The van der Waals surface area contributed by atoms with Gasteiger partial charge in [0.2, 0.25) is 0 Å². The third kappa shape index (κ3) is 61.5. The van der Waals surface area contributed by atoms with Gasteiger partial charge < -0.3 is 15.4 Å². The molecule has 0 atom stereocenters. The fourth-order valence-corrected chi connectivity index (χ4v) is 13.5. The van der Waals surface area contributed by atoms with Gasteiger partial charge in [0.25, 0.3) is 11.8 Å². The van der Waals surface area contributed by atoms with Gasteiger partial charge in [-0.2, -0.15) is 0 Å². The monoisotopic (exact) mass is 1230 g/mol. The highest BCUT2D eigenvalue weighted by molar-refractivity contribution is 6.00. The third-order valence-corrected chi connectivity index (χ3v) is 19.6. The highest BCUT2D eigenvalue weighted by Crippen LogP contribution is 2.24. The van der Waals surface area contributed by atoms with Crippen LogP contribution in [-0.4, -0.2) is 31.5 Å². The summed E-state index contributed by atoms with van der Waals surface area (Å²) in [4.78, 5) is 27.0. The maximum Gasteiger partial charge on any atom is 0.255 e. The largest absolute Gasteiger partial charge is 0.493 e. The highest BCUT2D eigenvalue weighted by atomic mass is 16.5. The first-order chi connectivity index (χ1) is 43.6. The fraction of sp³-hybridized carbons (Fsp3) is 0.904. The number of hydrogen-bond acceptors (Lipinski definition) is 3. The van der Waals surface area contributed by atoms with E-state index in [4.69, 9.17) is 4.74 Å². The number of unbranched alkanes of at least 4 members (excludes halogenated alkanes) is 66. The van der Waals surface area contributed by atoms with Crippen molar-refractivity contribution in [3.8, 4) is 5.75 Å². The Morgan fingerprint density at radius 3 is 0.670 bits per heavy atom. The summed E-state index contributed by atoms with van der Waals surface area (Å²) in [5.74, 6) is 0.388. The molecule has 0 radical (unpaired) electrons. The summed E-state index contributed by atoms with van der Waals surface area (Å²) in [7, 11) is 0. The van der Waals surface area contributed by atoms with E-state index in [1.165, 1.54) is 405 Å². The van der Waals surface area contributed by atoms with Crippen LogP contribution in [0.4, 0.5) is 0 Å². The number of nitrogens with one attached hydrogen (secondary N) is 2. The molecule has 2 N–H and O–H groups in total. The molecule has 0 heterocycles. The molecule has 1 aromatic rings. The number of carbonyl (C=O) groups is 2. The molecule has 0 saturated carbocycles. The second-order valence-corrected chi connectivity index (χ2v) is 28.4. The molecule has 0 fully saturated rings. The zero-order chi connectivity index (χ0) is 63.0. The molecular weight excluding hydrogens is 1070 g/mol. The number of hydrogen-bond donors (Lipinski definition) is 2. The van der Waals surface area contributed by atoms with Crippen molar-refractivity contribution >= 4 is 11.8 Å². The fourth-order valence-electron chi connectivity index (χ4n) is 13.5. The van der Waals surface area contributed by atoms with Crippen molar-refractivity contribution in [2.24, 2.45) is 0 Å². The van der Waals surface area contributed by atoms with Crippen LogP contribution in [0.3, 0.4) is 0 Å². The Morgan fingerprint density at radius 1 is 0.250 bits per heavy atom. The van der Waals surface area contributed by atoms with Crippen LogP contribution < -0.4 is 15.4 Å². The number of benzene rings is 1. The second-order valence-electron chi connectivity index (χ2n) is 28.4. The molecule has 0 aromatic heterocycles. The van der Waals surface area contributed by atoms with E-state index in [9.17, 15) is 9.59 Å². The molecule has 5 heteroatoms. The molecule has 0 aliphatic heterocycles. The summed E-state index contributed by atoms with van der Waals surface area (Å²) in [6, 6.07) is 5.45. The predicted molar refractivity (Wildman–Crippen MR) is 392 cm³/mol. The summed E-state index contributed by atoms with van der Waals surface area (Å²) in [6.07, 6.45) is 95.3. The molecule has 2 amide bonds. The molecule has 0 aliphatic carbocycles. The van der Waals surface area contributed by atoms with Crippen molar-refractivity contribution in [2.45, 2.75) is 464 Å². The lowest BCUT2D eigenvalue weighted by molar-refractivity contribution is 0.0937. The van der Waals surface area contributed by atoms with E-state index in [0.29, 0.717) is 36.6 Å². The van der Waals surface area contributed by atoms with Gasteiger partial charge in [-0.05, 0) is 37.5 Å². The van der Waals surface area contributed by atoms with Crippen LogP contribution in [0.15, 0.2) is 18.2 Å². The van der Waals surface area contributed by atoms with Crippen LogP contribution in [0.1, 0.15) is 485 Å². The van der Waals surface area contributed by atoms with Gasteiger partial charge in [-0.1, -0.05) is 445 Å². The van der Waals surface area contributed by atoms with E-state index >= 15 is 0 Å². The third-order valence-electron chi connectivity index (χ3n) is 19.6. The Balaban J connectivity index is 2.22. The molecule has 1 rings (SSSR count). The maximum absolute atomic E-state index is 13.6. The first-order valence-corrected chi connectivity index (χ1v) is 41.0. The Kier molecular flexibility index (Phi) is 69.1. The Labute approximate surface area is 552 Å². The quantitative estimate of drug-likeness (QED) is 0.0639. The molecule has 5 nitrogen and oxygen atoms in total. The van der Waals surface area contributed by atoms with Crippen molar-refractivity contribution in [1.82, 2.24) is 10.6 Å². The van der Waals surface area contributed by atoms with Gasteiger partial charge in [0.05, 0.1) is 12.2 Å². The standard InChI is InChI=1S/C83H158N2O3/c1-4-7-10-13-16-19-22-25-28-30-32-34-36-38-40-42-44-46-48-50-52-55-58-61-64-67-70-75-84-82(86)79-73-74-80(81(78-79)88-77-72-69-66-63-60-57-54-27-24-21-18-15-12-9-6-3)83(87)85-76-71-68-65-62-59-56-53-51-49-47-45-43-41-39-37-35-33-31-29-26-23-20-17-14-11-8-5-2/h73-74,78H,4-72,75-77H2,1-3H3,(H,84,86)(H,85,87). The van der Waals surface area contributed by atoms with Crippen molar-refractivity contribution in [3.63, 3.8) is 0 Å². The van der Waals surface area contributed by atoms with Crippen molar-refractivity contribution in [2.75, 3.05) is 19.7 Å². The summed E-state index contributed by atoms with van der Waals surface area (Å²) >= 11 is 0. The average molecular weight is 1230 g/mol. The van der Waals surface area contributed by atoms with Gasteiger partial charge >= 0.3 is 0 Å². The number of amides is 2. The first-order valence-electron chi connectivity index (χ1n) is 41.0.